The molecular formula is C22H26N4O7S2. The van der Waals surface area contributed by atoms with Crippen LogP contribution in [0.1, 0.15) is 6.92 Å². The molecule has 1 aromatic heterocycles. The van der Waals surface area contributed by atoms with E-state index >= 15 is 0 Å². The minimum absolute atomic E-state index is 0.140. The zero-order valence-electron chi connectivity index (χ0n) is 19.4. The molecule has 0 bridgehead atoms. The maximum absolute atomic E-state index is 12.5. The molecule has 35 heavy (non-hydrogen) atoms. The number of benzene rings is 1. The average molecular weight is 523 g/mol. The van der Waals surface area contributed by atoms with Crippen LogP contribution in [0.15, 0.2) is 23.2 Å². The quantitative estimate of drug-likeness (QED) is 0.484. The number of amides is 3. The molecule has 13 heteroatoms. The highest BCUT2D eigenvalue weighted by Gasteiger charge is 2.28. The van der Waals surface area contributed by atoms with E-state index in [0.29, 0.717) is 5.75 Å². The van der Waals surface area contributed by atoms with Crippen molar-refractivity contribution in [3.63, 3.8) is 0 Å². The van der Waals surface area contributed by atoms with Gasteiger partial charge in [0.05, 0.1) is 30.5 Å². The zero-order chi connectivity index (χ0) is 25.6. The highest BCUT2D eigenvalue weighted by atomic mass is 32.2. The SMILES string of the molecule is C#CCn1c(=NC(=O)CS(=O)(=O)CC(=O)N2CCN(C(=O)OCC)CC2)sc2cc(OC)ccc21. The third kappa shape index (κ3) is 6.61. The van der Waals surface area contributed by atoms with Gasteiger partial charge < -0.3 is 23.8 Å². The first-order valence-electron chi connectivity index (χ1n) is 10.8. The predicted molar refractivity (Wildman–Crippen MR) is 130 cm³/mol. The molecule has 3 amide bonds. The minimum Gasteiger partial charge on any atom is -0.497 e. The Labute approximate surface area is 206 Å². The zero-order valence-corrected chi connectivity index (χ0v) is 21.1. The fourth-order valence-electron chi connectivity index (χ4n) is 3.52. The van der Waals surface area contributed by atoms with Crippen molar-refractivity contribution in [2.75, 3.05) is 51.4 Å². The lowest BCUT2D eigenvalue weighted by atomic mass is 10.3. The highest BCUT2D eigenvalue weighted by Crippen LogP contribution is 2.23. The van der Waals surface area contributed by atoms with Crippen LogP contribution >= 0.6 is 11.3 Å². The lowest BCUT2D eigenvalue weighted by molar-refractivity contribution is -0.130. The maximum Gasteiger partial charge on any atom is 0.409 e. The van der Waals surface area contributed by atoms with Gasteiger partial charge in [-0.1, -0.05) is 17.3 Å². The first kappa shape index (κ1) is 26.2. The monoisotopic (exact) mass is 522 g/mol. The van der Waals surface area contributed by atoms with Crippen molar-refractivity contribution < 1.29 is 32.3 Å². The van der Waals surface area contributed by atoms with Gasteiger partial charge >= 0.3 is 6.09 Å². The number of terminal acetylenes is 1. The molecule has 0 N–H and O–H groups in total. The lowest BCUT2D eigenvalue weighted by Gasteiger charge is -2.34. The summed E-state index contributed by atoms with van der Waals surface area (Å²) in [6.07, 6.45) is 4.98. The lowest BCUT2D eigenvalue weighted by Crippen LogP contribution is -2.52. The van der Waals surface area contributed by atoms with Gasteiger partial charge in [-0.3, -0.25) is 9.59 Å². The number of hydrogen-bond acceptors (Lipinski definition) is 8. The molecule has 0 spiro atoms. The van der Waals surface area contributed by atoms with Crippen LogP contribution in [0.2, 0.25) is 0 Å². The number of sulfone groups is 1. The Balaban J connectivity index is 1.68. The van der Waals surface area contributed by atoms with Crippen molar-refractivity contribution in [2.24, 2.45) is 4.99 Å². The predicted octanol–water partition coefficient (Wildman–Crippen LogP) is 0.487. The van der Waals surface area contributed by atoms with Crippen LogP contribution in [0.4, 0.5) is 4.79 Å². The van der Waals surface area contributed by atoms with Gasteiger partial charge in [-0.2, -0.15) is 4.99 Å². The van der Waals surface area contributed by atoms with Crippen LogP contribution in [0, 0.1) is 12.3 Å². The van der Waals surface area contributed by atoms with E-state index in [1.165, 1.54) is 28.2 Å². The summed E-state index contributed by atoms with van der Waals surface area (Å²) in [4.78, 5) is 43.8. The number of methoxy groups -OCH3 is 1. The Morgan fingerprint density at radius 2 is 1.83 bits per heavy atom. The summed E-state index contributed by atoms with van der Waals surface area (Å²) in [5.41, 5.74) is 0.736. The van der Waals surface area contributed by atoms with Gasteiger partial charge in [0.25, 0.3) is 5.91 Å². The molecule has 0 aliphatic carbocycles. The van der Waals surface area contributed by atoms with Crippen molar-refractivity contribution in [3.05, 3.63) is 23.0 Å². The van der Waals surface area contributed by atoms with E-state index in [1.807, 2.05) is 0 Å². The van der Waals surface area contributed by atoms with Crippen LogP contribution in [-0.4, -0.2) is 92.1 Å². The molecule has 2 heterocycles. The maximum atomic E-state index is 12.5. The number of fused-ring (bicyclic) bond motifs is 1. The Hall–Kier alpha value is -3.37. The van der Waals surface area contributed by atoms with Crippen LogP contribution < -0.4 is 9.54 Å². The second kappa shape index (κ2) is 11.4. The Morgan fingerprint density at radius 3 is 2.46 bits per heavy atom. The van der Waals surface area contributed by atoms with E-state index in [9.17, 15) is 22.8 Å². The fourth-order valence-corrected chi connectivity index (χ4v) is 5.70. The van der Waals surface area contributed by atoms with Crippen LogP contribution in [-0.2, 0) is 30.7 Å². The van der Waals surface area contributed by atoms with Gasteiger partial charge in [0.15, 0.2) is 14.6 Å². The number of carbonyl (C=O) groups is 3. The van der Waals surface area contributed by atoms with Gasteiger partial charge in [0.1, 0.15) is 17.3 Å². The van der Waals surface area contributed by atoms with Crippen molar-refractivity contribution in [2.45, 2.75) is 13.5 Å². The second-order valence-corrected chi connectivity index (χ2v) is 10.7. The van der Waals surface area contributed by atoms with Crippen molar-refractivity contribution >= 4 is 49.3 Å². The van der Waals surface area contributed by atoms with Crippen molar-refractivity contribution in [3.8, 4) is 18.1 Å². The summed E-state index contributed by atoms with van der Waals surface area (Å²) in [5, 5.41) is 0. The summed E-state index contributed by atoms with van der Waals surface area (Å²) in [6.45, 7) is 2.93. The number of piperazine rings is 1. The molecule has 11 nitrogen and oxygen atoms in total. The highest BCUT2D eigenvalue weighted by molar-refractivity contribution is 7.92. The number of aromatic nitrogens is 1. The molecule has 1 aliphatic rings. The first-order chi connectivity index (χ1) is 16.7. The number of rotatable bonds is 7. The molecular weight excluding hydrogens is 496 g/mol. The van der Waals surface area contributed by atoms with E-state index in [-0.39, 0.29) is 44.1 Å². The first-order valence-corrected chi connectivity index (χ1v) is 13.4. The Bertz CT molecular complexity index is 1330. The largest absolute Gasteiger partial charge is 0.497 e. The molecule has 1 aromatic carbocycles. The van der Waals surface area contributed by atoms with Crippen molar-refractivity contribution in [1.82, 2.24) is 14.4 Å². The number of nitrogens with zero attached hydrogens (tertiary/aromatic N) is 4. The Kier molecular flexibility index (Phi) is 8.52. The topological polar surface area (TPSA) is 128 Å². The van der Waals surface area contributed by atoms with Crippen LogP contribution in [0.3, 0.4) is 0 Å². The second-order valence-electron chi connectivity index (χ2n) is 7.61. The fraction of sp³-hybridized carbons (Fsp3) is 0.455. The standard InChI is InChI=1S/C22H26N4O7S2/c1-4-8-26-17-7-6-16(32-3)13-18(17)34-21(26)23-19(27)14-35(30,31)15-20(28)24-9-11-25(12-10-24)22(29)33-5-2/h1,6-7,13H,5,8-12,14-15H2,2-3H3. The van der Waals surface area contributed by atoms with Crippen LogP contribution in [0.25, 0.3) is 10.2 Å². The molecule has 1 saturated heterocycles. The minimum atomic E-state index is -4.06. The summed E-state index contributed by atoms with van der Waals surface area (Å²) < 4.78 is 37.6. The molecule has 0 unspecified atom stereocenters. The third-order valence-corrected chi connectivity index (χ3v) is 7.62. The van der Waals surface area contributed by atoms with Gasteiger partial charge in [0, 0.05) is 26.2 Å². The number of carbonyl (C=O) groups excluding carboxylic acids is 3. The van der Waals surface area contributed by atoms with Gasteiger partial charge in [-0.05, 0) is 25.1 Å². The van der Waals surface area contributed by atoms with E-state index in [2.05, 4.69) is 10.9 Å². The van der Waals surface area contributed by atoms with Crippen LogP contribution in [0.5, 0.6) is 5.75 Å². The van der Waals surface area contributed by atoms with E-state index in [0.717, 1.165) is 10.2 Å². The van der Waals surface area contributed by atoms with Crippen molar-refractivity contribution in [1.29, 1.82) is 0 Å². The average Bonchev–Trinajstić information content (AvgIpc) is 3.14. The Morgan fingerprint density at radius 1 is 1.14 bits per heavy atom. The molecule has 3 rings (SSSR count). The summed E-state index contributed by atoms with van der Waals surface area (Å²) in [6, 6.07) is 5.30. The molecule has 1 fully saturated rings. The smallest absolute Gasteiger partial charge is 0.409 e. The summed E-state index contributed by atoms with van der Waals surface area (Å²) >= 11 is 1.18. The van der Waals surface area contributed by atoms with E-state index in [1.54, 1.807) is 29.7 Å². The summed E-state index contributed by atoms with van der Waals surface area (Å²) in [5.74, 6) is -0.129. The molecule has 0 atom stereocenters. The van der Waals surface area contributed by atoms with Gasteiger partial charge in [-0.15, -0.1) is 6.42 Å². The number of ether oxygens (including phenoxy) is 2. The normalized spacial score (nSPS) is 14.6. The molecule has 0 radical (unpaired) electrons. The molecule has 2 aromatic rings. The third-order valence-electron chi connectivity index (χ3n) is 5.20. The molecule has 1 aliphatic heterocycles. The molecule has 188 valence electrons. The summed E-state index contributed by atoms with van der Waals surface area (Å²) in [7, 11) is -2.53. The number of thiazole rings is 1. The molecule has 0 saturated carbocycles. The van der Waals surface area contributed by atoms with Gasteiger partial charge in [-0.25, -0.2) is 13.2 Å². The van der Waals surface area contributed by atoms with Gasteiger partial charge in [0.2, 0.25) is 5.91 Å². The van der Waals surface area contributed by atoms with E-state index in [4.69, 9.17) is 15.9 Å². The van der Waals surface area contributed by atoms with E-state index < -0.39 is 39.3 Å². The number of hydrogen-bond donors (Lipinski definition) is 0.